The molecule has 0 fully saturated rings. The highest BCUT2D eigenvalue weighted by Crippen LogP contribution is 2.31. The molecule has 2 aromatic heterocycles. The van der Waals surface area contributed by atoms with E-state index in [0.29, 0.717) is 10.9 Å². The third-order valence-electron chi connectivity index (χ3n) is 5.51. The van der Waals surface area contributed by atoms with Gasteiger partial charge in [-0.25, -0.2) is 4.98 Å². The lowest BCUT2D eigenvalue weighted by Crippen LogP contribution is -2.33. The van der Waals surface area contributed by atoms with E-state index in [9.17, 15) is 9.59 Å². The third-order valence-corrected chi connectivity index (χ3v) is 8.68. The number of nitrogens with zero attached hydrogens (tertiary/aromatic N) is 5. The van der Waals surface area contributed by atoms with Crippen LogP contribution in [0.25, 0.3) is 21.6 Å². The molecule has 0 unspecified atom stereocenters. The summed E-state index contributed by atoms with van der Waals surface area (Å²) in [6.07, 6.45) is 1.91. The lowest BCUT2D eigenvalue weighted by molar-refractivity contribution is -0.128. The van der Waals surface area contributed by atoms with Crippen LogP contribution in [0.4, 0.5) is 5.69 Å². The van der Waals surface area contributed by atoms with Crippen molar-refractivity contribution in [3.05, 3.63) is 48.5 Å². The quantitative estimate of drug-likeness (QED) is 0.229. The van der Waals surface area contributed by atoms with E-state index in [4.69, 9.17) is 0 Å². The number of aromatic nitrogens is 4. The summed E-state index contributed by atoms with van der Waals surface area (Å²) in [7, 11) is 1.90. The molecular weight excluding hydrogens is 525 g/mol. The summed E-state index contributed by atoms with van der Waals surface area (Å²) in [6, 6.07) is 15.5. The number of fused-ring (bicyclic) bond motifs is 1. The number of anilines is 1. The minimum atomic E-state index is -0.120. The number of hydrogen-bond acceptors (Lipinski definition) is 8. The van der Waals surface area contributed by atoms with Crippen LogP contribution >= 0.6 is 34.9 Å². The van der Waals surface area contributed by atoms with Crippen LogP contribution in [0.2, 0.25) is 0 Å². The maximum Gasteiger partial charge on any atom is 0.234 e. The second-order valence-electron chi connectivity index (χ2n) is 8.40. The number of nitrogens with one attached hydrogen (secondary N) is 1. The Labute approximate surface area is 229 Å². The van der Waals surface area contributed by atoms with Gasteiger partial charge in [0.05, 0.1) is 21.7 Å². The van der Waals surface area contributed by atoms with Crippen molar-refractivity contribution in [1.29, 1.82) is 0 Å². The Kier molecular flexibility index (Phi) is 9.59. The van der Waals surface area contributed by atoms with Crippen LogP contribution in [-0.2, 0) is 16.6 Å². The first kappa shape index (κ1) is 27.2. The number of rotatable bonds is 12. The zero-order chi connectivity index (χ0) is 26.2. The van der Waals surface area contributed by atoms with Crippen molar-refractivity contribution in [3.8, 4) is 11.4 Å². The van der Waals surface area contributed by atoms with Gasteiger partial charge in [-0.15, -0.1) is 21.5 Å². The molecule has 2 aromatic carbocycles. The lowest BCUT2D eigenvalue weighted by atomic mass is 10.2. The average Bonchev–Trinajstić information content (AvgIpc) is 3.48. The Morgan fingerprint density at radius 3 is 2.49 bits per heavy atom. The van der Waals surface area contributed by atoms with Gasteiger partial charge in [-0.2, -0.15) is 0 Å². The van der Waals surface area contributed by atoms with Crippen molar-refractivity contribution in [2.45, 2.75) is 36.2 Å². The zero-order valence-electron chi connectivity index (χ0n) is 21.1. The Bertz CT molecular complexity index is 1350. The topological polar surface area (TPSA) is 93.0 Å². The van der Waals surface area contributed by atoms with E-state index in [-0.39, 0.29) is 17.6 Å². The van der Waals surface area contributed by atoms with Crippen LogP contribution < -0.4 is 5.32 Å². The van der Waals surface area contributed by atoms with Crippen LogP contribution in [0.5, 0.6) is 0 Å². The fraction of sp³-hybridized carbons (Fsp3) is 0.346. The van der Waals surface area contributed by atoms with Gasteiger partial charge in [0.1, 0.15) is 0 Å². The van der Waals surface area contributed by atoms with Gasteiger partial charge in [-0.05, 0) is 31.0 Å². The van der Waals surface area contributed by atoms with Crippen LogP contribution in [-0.4, -0.2) is 61.1 Å². The third kappa shape index (κ3) is 7.12. The van der Waals surface area contributed by atoms with Crippen molar-refractivity contribution >= 4 is 62.6 Å². The van der Waals surface area contributed by atoms with E-state index < -0.39 is 0 Å². The molecule has 37 heavy (non-hydrogen) atoms. The van der Waals surface area contributed by atoms with E-state index in [1.165, 1.54) is 34.9 Å². The monoisotopic (exact) mass is 554 g/mol. The molecule has 8 nitrogen and oxygen atoms in total. The van der Waals surface area contributed by atoms with Gasteiger partial charge in [0.15, 0.2) is 15.3 Å². The number of benzene rings is 2. The van der Waals surface area contributed by atoms with Gasteiger partial charge in [0, 0.05) is 31.4 Å². The molecule has 0 bridgehead atoms. The number of thiazole rings is 1. The predicted octanol–water partition coefficient (Wildman–Crippen LogP) is 5.56. The Morgan fingerprint density at radius 1 is 1.00 bits per heavy atom. The molecule has 11 heteroatoms. The molecule has 0 atom stereocenters. The summed E-state index contributed by atoms with van der Waals surface area (Å²) in [4.78, 5) is 31.8. The van der Waals surface area contributed by atoms with Gasteiger partial charge in [-0.3, -0.25) is 9.59 Å². The maximum atomic E-state index is 12.6. The Hall–Kier alpha value is -2.89. The average molecular weight is 555 g/mol. The van der Waals surface area contributed by atoms with Crippen molar-refractivity contribution in [1.82, 2.24) is 24.6 Å². The van der Waals surface area contributed by atoms with Crippen LogP contribution in [0.1, 0.15) is 26.7 Å². The Morgan fingerprint density at radius 2 is 1.76 bits per heavy atom. The zero-order valence-corrected chi connectivity index (χ0v) is 23.6. The molecule has 0 spiro atoms. The number of hydrogen-bond donors (Lipinski definition) is 1. The van der Waals surface area contributed by atoms with Crippen LogP contribution in [0.15, 0.2) is 58.0 Å². The number of carbonyl (C=O) groups is 2. The van der Waals surface area contributed by atoms with Gasteiger partial charge in [0.25, 0.3) is 0 Å². The first-order valence-electron chi connectivity index (χ1n) is 12.2. The summed E-state index contributed by atoms with van der Waals surface area (Å²) in [5.74, 6) is 1.39. The van der Waals surface area contributed by atoms with E-state index in [2.05, 4.69) is 34.3 Å². The minimum absolute atomic E-state index is 0.120. The highest BCUT2D eigenvalue weighted by molar-refractivity contribution is 8.01. The molecule has 0 saturated carbocycles. The van der Waals surface area contributed by atoms with Crippen molar-refractivity contribution in [2.24, 2.45) is 7.05 Å². The first-order chi connectivity index (χ1) is 18.0. The molecule has 1 N–H and O–H groups in total. The molecule has 0 aliphatic carbocycles. The van der Waals surface area contributed by atoms with Crippen LogP contribution in [0.3, 0.4) is 0 Å². The van der Waals surface area contributed by atoms with Crippen molar-refractivity contribution in [2.75, 3.05) is 29.9 Å². The Balaban J connectivity index is 1.32. The van der Waals surface area contributed by atoms with Crippen LogP contribution in [0, 0.1) is 0 Å². The maximum absolute atomic E-state index is 12.6. The van der Waals surface area contributed by atoms with E-state index in [1.54, 1.807) is 0 Å². The molecule has 0 radical (unpaired) electrons. The fourth-order valence-electron chi connectivity index (χ4n) is 3.77. The van der Waals surface area contributed by atoms with Crippen molar-refractivity contribution in [3.63, 3.8) is 0 Å². The number of thioether (sulfide) groups is 2. The summed E-state index contributed by atoms with van der Waals surface area (Å²) in [5.41, 5.74) is 2.56. The van der Waals surface area contributed by atoms with E-state index >= 15 is 0 Å². The molecule has 0 aliphatic heterocycles. The van der Waals surface area contributed by atoms with Gasteiger partial charge >= 0.3 is 0 Å². The largest absolute Gasteiger partial charge is 0.342 e. The highest BCUT2D eigenvalue weighted by atomic mass is 32.2. The molecule has 2 amide bonds. The SMILES string of the molecule is CCCN(CCC)C(=O)CSc1nc2ccc(NC(=O)CSc3nnc(-c4ccccc4)n3C)cc2s1. The summed E-state index contributed by atoms with van der Waals surface area (Å²) in [6.45, 7) is 5.75. The molecule has 2 heterocycles. The van der Waals surface area contributed by atoms with Crippen molar-refractivity contribution < 1.29 is 9.59 Å². The predicted molar refractivity (Wildman–Crippen MR) is 153 cm³/mol. The summed E-state index contributed by atoms with van der Waals surface area (Å²) >= 11 is 4.35. The number of amides is 2. The molecule has 194 valence electrons. The summed E-state index contributed by atoms with van der Waals surface area (Å²) in [5, 5.41) is 12.1. The smallest absolute Gasteiger partial charge is 0.234 e. The fourth-order valence-corrected chi connectivity index (χ4v) is 6.49. The standard InChI is InChI=1S/C26H30N6O2S3/c1-4-13-32(14-5-2)23(34)17-36-26-28-20-12-11-19(15-21(20)37-26)27-22(33)16-35-25-30-29-24(31(25)3)18-9-7-6-8-10-18/h6-12,15H,4-5,13-14,16-17H2,1-3H3,(H,27,33). The molecule has 0 aliphatic rings. The minimum Gasteiger partial charge on any atom is -0.342 e. The first-order valence-corrected chi connectivity index (χ1v) is 15.0. The second kappa shape index (κ2) is 13.1. The van der Waals surface area contributed by atoms with E-state index in [1.807, 2.05) is 65.0 Å². The number of carbonyl (C=O) groups excluding carboxylic acids is 2. The molecular formula is C26H30N6O2S3. The van der Waals surface area contributed by atoms with Gasteiger partial charge < -0.3 is 14.8 Å². The van der Waals surface area contributed by atoms with Gasteiger partial charge in [-0.1, -0.05) is 67.7 Å². The lowest BCUT2D eigenvalue weighted by Gasteiger charge is -2.20. The molecule has 4 rings (SSSR count). The molecule has 4 aromatic rings. The highest BCUT2D eigenvalue weighted by Gasteiger charge is 2.15. The summed E-state index contributed by atoms with van der Waals surface area (Å²) < 4.78 is 3.72. The second-order valence-corrected chi connectivity index (χ2v) is 11.6. The normalized spacial score (nSPS) is 11.1. The van der Waals surface area contributed by atoms with E-state index in [0.717, 1.165) is 57.6 Å². The van der Waals surface area contributed by atoms with Gasteiger partial charge in [0.2, 0.25) is 11.8 Å². The molecule has 0 saturated heterocycles.